The first-order chi connectivity index (χ1) is 8.99. The molecule has 0 saturated carbocycles. The number of ether oxygens (including phenoxy) is 1. The van der Waals surface area contributed by atoms with Crippen LogP contribution in [0.4, 0.5) is 4.79 Å². The van der Waals surface area contributed by atoms with Crippen LogP contribution in [0.3, 0.4) is 0 Å². The van der Waals surface area contributed by atoms with Crippen molar-refractivity contribution in [1.29, 1.82) is 0 Å². The number of amides is 1. The smallest absolute Gasteiger partial charge is 0.421 e. The Morgan fingerprint density at radius 2 is 1.95 bits per heavy atom. The summed E-state index contributed by atoms with van der Waals surface area (Å²) < 4.78 is 31.4. The second-order valence-electron chi connectivity index (χ2n) is 4.21. The highest BCUT2D eigenvalue weighted by Gasteiger charge is 2.28. The van der Waals surface area contributed by atoms with Crippen LogP contribution in [-0.2, 0) is 14.9 Å². The summed E-state index contributed by atoms with van der Waals surface area (Å²) in [7, 11) is -3.79. The van der Waals surface area contributed by atoms with Gasteiger partial charge in [-0.15, -0.1) is 0 Å². The Labute approximate surface area is 114 Å². The second-order valence-corrected chi connectivity index (χ2v) is 5.88. The molecule has 1 fully saturated rings. The van der Waals surface area contributed by atoms with Crippen LogP contribution in [0, 0.1) is 0 Å². The van der Waals surface area contributed by atoms with Crippen LogP contribution >= 0.6 is 0 Å². The van der Waals surface area contributed by atoms with E-state index in [-0.39, 0.29) is 6.61 Å². The summed E-state index contributed by atoms with van der Waals surface area (Å²) in [6.07, 6.45) is -0.0403. The predicted octanol–water partition coefficient (Wildman–Crippen LogP) is -1.06. The number of hydrogen-bond acceptors (Lipinski definition) is 6. The van der Waals surface area contributed by atoms with E-state index in [1.165, 1.54) is 4.31 Å². The Hall–Kier alpha value is -0.900. The van der Waals surface area contributed by atoms with Crippen LogP contribution in [0.2, 0.25) is 0 Å². The van der Waals surface area contributed by atoms with E-state index in [9.17, 15) is 13.2 Å². The van der Waals surface area contributed by atoms with Crippen LogP contribution in [0.1, 0.15) is 13.3 Å². The maximum atomic E-state index is 11.9. The van der Waals surface area contributed by atoms with E-state index in [1.807, 2.05) is 4.72 Å². The molecular weight excluding hydrogens is 272 g/mol. The lowest BCUT2D eigenvalue weighted by Gasteiger charge is -2.33. The Kier molecular flexibility index (Phi) is 6.49. The van der Waals surface area contributed by atoms with E-state index >= 15 is 0 Å². The molecule has 19 heavy (non-hydrogen) atoms. The highest BCUT2D eigenvalue weighted by molar-refractivity contribution is 7.87. The fraction of sp³-hybridized carbons (Fsp3) is 0.900. The average molecular weight is 294 g/mol. The molecule has 1 rings (SSSR count). The summed E-state index contributed by atoms with van der Waals surface area (Å²) in [5.41, 5.74) is 5.43. The molecule has 9 heteroatoms. The summed E-state index contributed by atoms with van der Waals surface area (Å²) in [4.78, 5) is 13.3. The Morgan fingerprint density at radius 1 is 1.32 bits per heavy atom. The molecule has 3 N–H and O–H groups in total. The molecule has 0 bridgehead atoms. The minimum atomic E-state index is -3.79. The van der Waals surface area contributed by atoms with Crippen molar-refractivity contribution in [3.8, 4) is 0 Å². The third-order valence-electron chi connectivity index (χ3n) is 2.84. The van der Waals surface area contributed by atoms with Crippen molar-refractivity contribution >= 4 is 16.3 Å². The van der Waals surface area contributed by atoms with Crippen molar-refractivity contribution in [3.63, 3.8) is 0 Å². The van der Waals surface area contributed by atoms with Gasteiger partial charge in [-0.05, 0) is 26.4 Å². The van der Waals surface area contributed by atoms with Gasteiger partial charge in [0.15, 0.2) is 0 Å². The molecule has 0 aromatic rings. The lowest BCUT2D eigenvalue weighted by Crippen LogP contribution is -2.53. The van der Waals surface area contributed by atoms with Crippen molar-refractivity contribution in [2.75, 3.05) is 45.9 Å². The zero-order valence-electron chi connectivity index (χ0n) is 11.2. The van der Waals surface area contributed by atoms with Crippen molar-refractivity contribution in [2.45, 2.75) is 13.3 Å². The third-order valence-corrected chi connectivity index (χ3v) is 4.31. The van der Waals surface area contributed by atoms with E-state index in [0.29, 0.717) is 32.7 Å². The third kappa shape index (κ3) is 5.31. The van der Waals surface area contributed by atoms with Gasteiger partial charge in [-0.3, -0.25) is 0 Å². The molecule has 112 valence electrons. The molecule has 0 aliphatic carbocycles. The average Bonchev–Trinajstić information content (AvgIpc) is 2.36. The molecule has 1 amide bonds. The van der Waals surface area contributed by atoms with Gasteiger partial charge < -0.3 is 15.4 Å². The molecule has 0 aromatic heterocycles. The Balaban J connectivity index is 2.43. The summed E-state index contributed by atoms with van der Waals surface area (Å²) in [6, 6.07) is 0. The number of nitrogens with one attached hydrogen (secondary N) is 1. The lowest BCUT2D eigenvalue weighted by atomic mass is 10.3. The molecule has 1 heterocycles. The molecular formula is C10H22N4O4S. The summed E-state index contributed by atoms with van der Waals surface area (Å²) in [5.74, 6) is 0. The number of piperazine rings is 1. The largest absolute Gasteiger partial charge is 0.449 e. The summed E-state index contributed by atoms with van der Waals surface area (Å²) in [6.45, 7) is 5.25. The van der Waals surface area contributed by atoms with E-state index in [4.69, 9.17) is 5.73 Å². The highest BCUT2D eigenvalue weighted by atomic mass is 32.2. The minimum Gasteiger partial charge on any atom is -0.449 e. The normalized spacial score (nSPS) is 18.2. The van der Waals surface area contributed by atoms with Gasteiger partial charge in [-0.25, -0.2) is 9.52 Å². The van der Waals surface area contributed by atoms with Crippen molar-refractivity contribution in [2.24, 2.45) is 5.73 Å². The minimum absolute atomic E-state index is 0.133. The number of hydrogen-bond donors (Lipinski definition) is 2. The lowest BCUT2D eigenvalue weighted by molar-refractivity contribution is 0.156. The van der Waals surface area contributed by atoms with Crippen LogP contribution in [-0.4, -0.2) is 69.6 Å². The van der Waals surface area contributed by atoms with Gasteiger partial charge in [0.05, 0.1) is 6.61 Å². The Bertz CT molecular complexity index is 379. The maximum Gasteiger partial charge on any atom is 0.421 e. The van der Waals surface area contributed by atoms with Crippen molar-refractivity contribution < 1.29 is 17.9 Å². The van der Waals surface area contributed by atoms with Gasteiger partial charge >= 0.3 is 16.3 Å². The number of rotatable bonds is 6. The summed E-state index contributed by atoms with van der Waals surface area (Å²) >= 11 is 0. The molecule has 1 aliphatic rings. The zero-order valence-corrected chi connectivity index (χ0v) is 12.0. The molecule has 0 spiro atoms. The van der Waals surface area contributed by atoms with Gasteiger partial charge in [-0.2, -0.15) is 12.7 Å². The first kappa shape index (κ1) is 16.2. The van der Waals surface area contributed by atoms with E-state index in [2.05, 4.69) is 9.64 Å². The predicted molar refractivity (Wildman–Crippen MR) is 70.8 cm³/mol. The summed E-state index contributed by atoms with van der Waals surface area (Å²) in [5, 5.41) is 0. The highest BCUT2D eigenvalue weighted by Crippen LogP contribution is 2.06. The van der Waals surface area contributed by atoms with Crippen LogP contribution in [0.25, 0.3) is 0 Å². The van der Waals surface area contributed by atoms with E-state index in [1.54, 1.807) is 6.92 Å². The quantitative estimate of drug-likeness (QED) is 0.647. The van der Waals surface area contributed by atoms with Gasteiger partial charge in [-0.1, -0.05) is 0 Å². The first-order valence-corrected chi connectivity index (χ1v) is 7.80. The number of nitrogens with two attached hydrogens (primary N) is 1. The second kappa shape index (κ2) is 7.63. The topological polar surface area (TPSA) is 105 Å². The monoisotopic (exact) mass is 294 g/mol. The van der Waals surface area contributed by atoms with Crippen LogP contribution < -0.4 is 10.5 Å². The first-order valence-electron chi connectivity index (χ1n) is 6.36. The van der Waals surface area contributed by atoms with Crippen molar-refractivity contribution in [1.82, 2.24) is 13.9 Å². The fourth-order valence-corrected chi connectivity index (χ4v) is 2.88. The molecule has 1 saturated heterocycles. The number of nitrogens with zero attached hydrogens (tertiary/aromatic N) is 2. The molecule has 8 nitrogen and oxygen atoms in total. The molecule has 0 aromatic carbocycles. The zero-order chi connectivity index (χ0) is 14.3. The fourth-order valence-electron chi connectivity index (χ4n) is 1.84. The van der Waals surface area contributed by atoms with Gasteiger partial charge in [0.25, 0.3) is 0 Å². The SMILES string of the molecule is CCOC(=O)NS(=O)(=O)N1CCN(CCCN)CC1. The van der Waals surface area contributed by atoms with E-state index < -0.39 is 16.3 Å². The van der Waals surface area contributed by atoms with Gasteiger partial charge in [0.1, 0.15) is 0 Å². The van der Waals surface area contributed by atoms with Gasteiger partial charge in [0, 0.05) is 26.2 Å². The molecule has 0 atom stereocenters. The van der Waals surface area contributed by atoms with Crippen LogP contribution in [0.5, 0.6) is 0 Å². The Morgan fingerprint density at radius 3 is 2.47 bits per heavy atom. The molecule has 0 radical (unpaired) electrons. The van der Waals surface area contributed by atoms with Crippen molar-refractivity contribution in [3.05, 3.63) is 0 Å². The number of carbonyl (C=O) groups is 1. The molecule has 1 aliphatic heterocycles. The molecule has 0 unspecified atom stereocenters. The standard InChI is InChI=1S/C10H22N4O4S/c1-2-18-10(15)12-19(16,17)14-8-6-13(7-9-14)5-3-4-11/h2-9,11H2,1H3,(H,12,15). The van der Waals surface area contributed by atoms with Gasteiger partial charge in [0.2, 0.25) is 0 Å². The number of carbonyl (C=O) groups excluding carboxylic acids is 1. The maximum absolute atomic E-state index is 11.9. The van der Waals surface area contributed by atoms with E-state index in [0.717, 1.165) is 13.0 Å². The van der Waals surface area contributed by atoms with Crippen LogP contribution in [0.15, 0.2) is 0 Å².